The molecule has 4 aromatic rings. The molecule has 141 valence electrons. The van der Waals surface area contributed by atoms with Crippen LogP contribution in [-0.4, -0.2) is 18.3 Å². The van der Waals surface area contributed by atoms with Crippen LogP contribution < -0.4 is 15.6 Å². The summed E-state index contributed by atoms with van der Waals surface area (Å²) in [6.45, 7) is 2.32. The quantitative estimate of drug-likeness (QED) is 0.424. The van der Waals surface area contributed by atoms with Gasteiger partial charge in [-0.2, -0.15) is 0 Å². The van der Waals surface area contributed by atoms with Crippen molar-refractivity contribution >= 4 is 33.9 Å². The topological polar surface area (TPSA) is 0 Å². The van der Waals surface area contributed by atoms with E-state index in [0.717, 1.165) is 5.56 Å². The van der Waals surface area contributed by atoms with Crippen LogP contribution in [0.2, 0.25) is 0 Å². The van der Waals surface area contributed by atoms with E-state index >= 15 is 0 Å². The van der Waals surface area contributed by atoms with Gasteiger partial charge in [0.2, 0.25) is 0 Å². The average Bonchev–Trinajstić information content (AvgIpc) is 2.76. The van der Waals surface area contributed by atoms with Crippen molar-refractivity contribution in [1.82, 2.24) is 0 Å². The summed E-state index contributed by atoms with van der Waals surface area (Å²) in [6, 6.07) is 39.3. The maximum Gasteiger partial charge on any atom is 0.129 e. The highest BCUT2D eigenvalue weighted by Gasteiger charge is 2.40. The van der Waals surface area contributed by atoms with Gasteiger partial charge in [-0.3, -0.25) is 0 Å². The van der Waals surface area contributed by atoms with Crippen molar-refractivity contribution < 1.29 is 4.39 Å². The molecule has 29 heavy (non-hydrogen) atoms. The molecular weight excluding hydrogens is 387 g/mol. The second-order valence-corrected chi connectivity index (χ2v) is 12.5. The zero-order chi connectivity index (χ0) is 20.1. The lowest BCUT2D eigenvalue weighted by atomic mass is 10.1. The fraction of sp³-hybridized carbons (Fsp3) is 0.0769. The van der Waals surface area contributed by atoms with E-state index in [2.05, 4.69) is 97.9 Å². The van der Waals surface area contributed by atoms with E-state index in [-0.39, 0.29) is 10.5 Å². The van der Waals surface area contributed by atoms with Crippen LogP contribution in [0.25, 0.3) is 0 Å². The van der Waals surface area contributed by atoms with Crippen LogP contribution >= 0.6 is 0 Å². The van der Waals surface area contributed by atoms with Gasteiger partial charge in [-0.15, -0.1) is 0 Å². The van der Waals surface area contributed by atoms with E-state index in [1.54, 1.807) is 6.07 Å². The van der Waals surface area contributed by atoms with Crippen molar-refractivity contribution in [1.29, 1.82) is 0 Å². The summed E-state index contributed by atoms with van der Waals surface area (Å²) in [5.41, 5.74) is 1.07. The first kappa shape index (κ1) is 19.6. The van der Waals surface area contributed by atoms with Gasteiger partial charge < -0.3 is 0 Å². The van der Waals surface area contributed by atoms with Crippen molar-refractivity contribution in [2.24, 2.45) is 0 Å². The number of halogens is 1. The number of hydrogen-bond acceptors (Lipinski definition) is 0. The van der Waals surface area contributed by atoms with Gasteiger partial charge in [0, 0.05) is 0 Å². The second kappa shape index (κ2) is 8.72. The molecule has 1 unspecified atom stereocenters. The van der Waals surface area contributed by atoms with Crippen molar-refractivity contribution in [2.75, 3.05) is 0 Å². The van der Waals surface area contributed by atoms with E-state index in [4.69, 9.17) is 0 Å². The first-order chi connectivity index (χ1) is 14.2. The van der Waals surface area contributed by atoms with Crippen LogP contribution in [0.15, 0.2) is 115 Å². The van der Waals surface area contributed by atoms with Crippen LogP contribution in [0.3, 0.4) is 0 Å². The van der Waals surface area contributed by atoms with Crippen LogP contribution in [-0.2, 0) is 4.66 Å². The third-order valence-corrected chi connectivity index (χ3v) is 10.8. The molecule has 0 spiro atoms. The van der Waals surface area contributed by atoms with Crippen LogP contribution in [0.5, 0.6) is 0 Å². The summed E-state index contributed by atoms with van der Waals surface area (Å²) >= 11 is 0. The lowest BCUT2D eigenvalue weighted by Crippen LogP contribution is -2.61. The summed E-state index contributed by atoms with van der Waals surface area (Å²) in [5, 5.41) is 3.99. The molecule has 3 heteroatoms. The van der Waals surface area contributed by atoms with Crippen molar-refractivity contribution in [2.45, 2.75) is 11.6 Å². The Hall–Kier alpha value is -2.76. The fourth-order valence-electron chi connectivity index (χ4n) is 3.84. The zero-order valence-corrected chi connectivity index (χ0v) is 18.3. The first-order valence-corrected chi connectivity index (χ1v) is 12.2. The Morgan fingerprint density at radius 1 is 0.655 bits per heavy atom. The van der Waals surface area contributed by atoms with Gasteiger partial charge in [0.15, 0.2) is 0 Å². The highest BCUT2D eigenvalue weighted by atomic mass is 28.3. The molecule has 0 bridgehead atoms. The van der Waals surface area contributed by atoms with Crippen LogP contribution in [0.4, 0.5) is 4.39 Å². The summed E-state index contributed by atoms with van der Waals surface area (Å²) in [6.07, 6.45) is 0. The van der Waals surface area contributed by atoms with Gasteiger partial charge in [0.25, 0.3) is 0 Å². The minimum atomic E-state index is -1.26. The van der Waals surface area contributed by atoms with Gasteiger partial charge in [-0.05, 0) is 22.4 Å². The molecule has 0 heterocycles. The molecule has 0 saturated heterocycles. The Balaban J connectivity index is 1.93. The van der Waals surface area contributed by atoms with Crippen LogP contribution in [0.1, 0.15) is 12.5 Å². The highest BCUT2D eigenvalue weighted by molar-refractivity contribution is 6.95. The smallest absolute Gasteiger partial charge is 0.129 e. The Morgan fingerprint density at radius 2 is 1.17 bits per heavy atom. The highest BCUT2D eigenvalue weighted by Crippen LogP contribution is 2.27. The van der Waals surface area contributed by atoms with E-state index < -0.39 is 8.80 Å². The van der Waals surface area contributed by atoms with E-state index in [9.17, 15) is 4.39 Å². The van der Waals surface area contributed by atoms with Crippen molar-refractivity contribution in [3.05, 3.63) is 127 Å². The Kier molecular flexibility index (Phi) is 5.88. The number of benzene rings is 4. The Labute approximate surface area is 176 Å². The monoisotopic (exact) mass is 409 g/mol. The molecule has 4 rings (SSSR count). The molecule has 1 atom stereocenters. The third-order valence-electron chi connectivity index (χ3n) is 5.20. The summed E-state index contributed by atoms with van der Waals surface area (Å²) in [7, 11) is -0.725. The second-order valence-electron chi connectivity index (χ2n) is 7.23. The first-order valence-electron chi connectivity index (χ1n) is 9.74. The normalized spacial score (nSPS) is 13.2. The molecule has 4 aromatic carbocycles. The number of hydrogen-bond donors (Lipinski definition) is 0. The fourth-order valence-corrected chi connectivity index (χ4v) is 9.86. The molecule has 0 aliphatic heterocycles. The maximum absolute atomic E-state index is 14.3. The lowest BCUT2D eigenvalue weighted by molar-refractivity contribution is 0.624. The van der Waals surface area contributed by atoms with Gasteiger partial charge in [0.05, 0.1) is 9.52 Å². The molecule has 0 nitrogen and oxygen atoms in total. The molecule has 0 aliphatic carbocycles. The van der Waals surface area contributed by atoms with Gasteiger partial charge in [-0.1, -0.05) is 126 Å². The zero-order valence-electron chi connectivity index (χ0n) is 16.3. The SMILES string of the molecule is CC([Si]c1ccccc1)(c1cccc(F)c1)[Si](c1ccccc1)c1ccccc1. The molecule has 0 N–H and O–H groups in total. The summed E-state index contributed by atoms with van der Waals surface area (Å²) in [4.78, 5) is 0. The molecule has 0 saturated carbocycles. The van der Waals surface area contributed by atoms with E-state index in [0.29, 0.717) is 9.52 Å². The number of rotatable bonds is 6. The molecular formula is C26H22FSi2. The Bertz CT molecular complexity index is 1010. The predicted octanol–water partition coefficient (Wildman–Crippen LogP) is 3.92. The molecule has 0 aromatic heterocycles. The Morgan fingerprint density at radius 3 is 1.69 bits per heavy atom. The summed E-state index contributed by atoms with van der Waals surface area (Å²) in [5.74, 6) is -0.172. The minimum absolute atomic E-state index is 0.172. The largest absolute Gasteiger partial charge is 0.207 e. The van der Waals surface area contributed by atoms with Gasteiger partial charge in [-0.25, -0.2) is 4.39 Å². The summed E-state index contributed by atoms with van der Waals surface area (Å²) < 4.78 is 14.1. The molecule has 3 radical (unpaired) electrons. The lowest BCUT2D eigenvalue weighted by Gasteiger charge is -2.37. The van der Waals surface area contributed by atoms with Crippen molar-refractivity contribution in [3.63, 3.8) is 0 Å². The molecule has 0 fully saturated rings. The van der Waals surface area contributed by atoms with Gasteiger partial charge in [0.1, 0.15) is 14.6 Å². The standard InChI is InChI=1S/C26H22FSi2/c1-26(21-12-11-13-22(27)20-21,28-23-14-5-2-6-15-23)29(24-16-7-3-8-17-24)25-18-9-4-10-19-25/h2-20H,1H3. The minimum Gasteiger partial charge on any atom is -0.207 e. The van der Waals surface area contributed by atoms with E-state index in [1.807, 2.05) is 12.1 Å². The van der Waals surface area contributed by atoms with Crippen LogP contribution in [0, 0.1) is 5.82 Å². The molecule has 0 aliphatic rings. The van der Waals surface area contributed by atoms with E-state index in [1.165, 1.54) is 21.6 Å². The predicted molar refractivity (Wildman–Crippen MR) is 123 cm³/mol. The third kappa shape index (κ3) is 4.31. The average molecular weight is 410 g/mol. The van der Waals surface area contributed by atoms with Crippen molar-refractivity contribution in [3.8, 4) is 0 Å². The van der Waals surface area contributed by atoms with Gasteiger partial charge >= 0.3 is 0 Å². The molecule has 0 amide bonds. The maximum atomic E-state index is 14.3.